The number of aromatic nitrogens is 1. The number of hydrogen-bond donors (Lipinski definition) is 0. The summed E-state index contributed by atoms with van der Waals surface area (Å²) in [6.07, 6.45) is 0.730. The van der Waals surface area contributed by atoms with Crippen molar-refractivity contribution in [1.29, 1.82) is 0 Å². The minimum Gasteiger partial charge on any atom is -0.382 e. The molecule has 0 aliphatic rings. The monoisotopic (exact) mass is 490 g/mol. The molecule has 0 fully saturated rings. The highest BCUT2D eigenvalue weighted by atomic mass is 32.2. The van der Waals surface area contributed by atoms with Gasteiger partial charge in [-0.25, -0.2) is 17.1 Å². The van der Waals surface area contributed by atoms with Crippen LogP contribution in [0.3, 0.4) is 0 Å². The minimum absolute atomic E-state index is 0.0532. The van der Waals surface area contributed by atoms with Gasteiger partial charge in [-0.3, -0.25) is 0 Å². The molecule has 184 valence electrons. The Morgan fingerprint density at radius 1 is 1.09 bits per heavy atom. The summed E-state index contributed by atoms with van der Waals surface area (Å²) in [7, 11) is -2.68. The summed E-state index contributed by atoms with van der Waals surface area (Å²) in [5.41, 5.74) is 2.45. The summed E-state index contributed by atoms with van der Waals surface area (Å²) in [5, 5.41) is 3.90. The number of aryl methyl sites for hydroxylation is 1. The fourth-order valence-corrected chi connectivity index (χ4v) is 5.12. The van der Waals surface area contributed by atoms with Crippen LogP contribution in [0.2, 0.25) is 0 Å². The molecule has 0 saturated carbocycles. The maximum atomic E-state index is 15.2. The van der Waals surface area contributed by atoms with Crippen molar-refractivity contribution >= 4 is 15.9 Å². The summed E-state index contributed by atoms with van der Waals surface area (Å²) in [5.74, 6) is -0.0500. The Morgan fingerprint density at radius 3 is 2.44 bits per heavy atom. The number of hydrogen-bond acceptors (Lipinski definition) is 6. The number of rotatable bonds is 11. The molecule has 3 rings (SSSR count). The summed E-state index contributed by atoms with van der Waals surface area (Å²) in [4.78, 5) is -0.0608. The van der Waals surface area contributed by atoms with Crippen LogP contribution in [0.15, 0.2) is 51.9 Å². The van der Waals surface area contributed by atoms with Gasteiger partial charge in [0, 0.05) is 23.8 Å². The highest BCUT2D eigenvalue weighted by Gasteiger charge is 2.32. The molecule has 34 heavy (non-hydrogen) atoms. The molecule has 0 atom stereocenters. The van der Waals surface area contributed by atoms with Crippen LogP contribution >= 0.6 is 0 Å². The molecule has 3 aromatic rings. The molecule has 2 aromatic carbocycles. The first-order valence-corrected chi connectivity index (χ1v) is 12.5. The van der Waals surface area contributed by atoms with E-state index in [1.807, 2.05) is 6.07 Å². The highest BCUT2D eigenvalue weighted by Crippen LogP contribution is 2.35. The Bertz CT molecular complexity index is 1220. The summed E-state index contributed by atoms with van der Waals surface area (Å²) < 4.78 is 59.8. The summed E-state index contributed by atoms with van der Waals surface area (Å²) in [6.45, 7) is 7.73. The molecule has 0 aliphatic carbocycles. The number of nitrogens with zero attached hydrogens (tertiary/aromatic N) is 2. The van der Waals surface area contributed by atoms with Gasteiger partial charge >= 0.3 is 0 Å². The Balaban J connectivity index is 2.07. The molecule has 0 aliphatic heterocycles. The van der Waals surface area contributed by atoms with Gasteiger partial charge < -0.3 is 14.0 Å². The zero-order valence-electron chi connectivity index (χ0n) is 20.2. The van der Waals surface area contributed by atoms with Gasteiger partial charge in [-0.05, 0) is 43.9 Å². The second-order valence-corrected chi connectivity index (χ2v) is 10.3. The molecule has 0 N–H and O–H groups in total. The molecule has 0 radical (unpaired) electrons. The largest absolute Gasteiger partial charge is 0.382 e. The molecule has 9 heteroatoms. The van der Waals surface area contributed by atoms with Crippen molar-refractivity contribution < 1.29 is 26.8 Å². The van der Waals surface area contributed by atoms with Gasteiger partial charge in [0.1, 0.15) is 12.5 Å². The zero-order chi connectivity index (χ0) is 24.9. The Morgan fingerprint density at radius 2 is 1.82 bits per heavy atom. The predicted octanol–water partition coefficient (Wildman–Crippen LogP) is 5.11. The molecular weight excluding hydrogens is 459 g/mol. The quantitative estimate of drug-likeness (QED) is 0.274. The molecule has 1 aromatic heterocycles. The van der Waals surface area contributed by atoms with Gasteiger partial charge in [-0.2, -0.15) is 0 Å². The van der Waals surface area contributed by atoms with Crippen LogP contribution in [0, 0.1) is 25.6 Å². The number of methoxy groups -OCH3 is 1. The maximum absolute atomic E-state index is 15.2. The number of anilines is 1. The Labute approximate surface area is 200 Å². The number of halogens is 1. The molecule has 0 bridgehead atoms. The standard InChI is InChI=1S/C25H31FN2O5S/c1-17(2)14-20-10-11-21(23(26)15-20)22-8-6-7-9-24(22)34(29,30)28(16-32-13-12-31-5)25-18(3)19(4)27-33-25/h6-11,15,17H,12-14,16H2,1-5H3. The zero-order valence-corrected chi connectivity index (χ0v) is 21.0. The summed E-state index contributed by atoms with van der Waals surface area (Å²) >= 11 is 0. The number of ether oxygens (including phenoxy) is 2. The molecule has 0 amide bonds. The lowest BCUT2D eigenvalue weighted by atomic mass is 9.98. The van der Waals surface area contributed by atoms with Crippen molar-refractivity contribution in [1.82, 2.24) is 5.16 Å². The lowest BCUT2D eigenvalue weighted by Crippen LogP contribution is -2.34. The summed E-state index contributed by atoms with van der Waals surface area (Å²) in [6, 6.07) is 11.3. The molecule has 1 heterocycles. The van der Waals surface area contributed by atoms with Crippen molar-refractivity contribution in [3.8, 4) is 11.1 Å². The van der Waals surface area contributed by atoms with Crippen LogP contribution in [0.4, 0.5) is 10.3 Å². The van der Waals surface area contributed by atoms with Gasteiger partial charge in [0.25, 0.3) is 10.0 Å². The predicted molar refractivity (Wildman–Crippen MR) is 129 cm³/mol. The van der Waals surface area contributed by atoms with Gasteiger partial charge in [-0.1, -0.05) is 49.3 Å². The van der Waals surface area contributed by atoms with E-state index in [-0.39, 0.29) is 35.2 Å². The van der Waals surface area contributed by atoms with Crippen LogP contribution < -0.4 is 4.31 Å². The first-order valence-electron chi connectivity index (χ1n) is 11.1. The van der Waals surface area contributed by atoms with Crippen LogP contribution in [0.25, 0.3) is 11.1 Å². The van der Waals surface area contributed by atoms with Gasteiger partial charge in [-0.15, -0.1) is 0 Å². The normalized spacial score (nSPS) is 11.9. The van der Waals surface area contributed by atoms with E-state index >= 15 is 4.39 Å². The first kappa shape index (κ1) is 25.9. The average Bonchev–Trinajstić information content (AvgIpc) is 3.11. The molecule has 0 spiro atoms. The van der Waals surface area contributed by atoms with E-state index in [4.69, 9.17) is 14.0 Å². The van der Waals surface area contributed by atoms with Crippen LogP contribution in [-0.4, -0.2) is 40.6 Å². The van der Waals surface area contributed by atoms with Gasteiger partial charge in [0.2, 0.25) is 5.88 Å². The van der Waals surface area contributed by atoms with Crippen LogP contribution in [-0.2, 0) is 25.9 Å². The lowest BCUT2D eigenvalue weighted by Gasteiger charge is -2.23. The second-order valence-electron chi connectivity index (χ2n) is 8.49. The molecule has 0 unspecified atom stereocenters. The van der Waals surface area contributed by atoms with Crippen molar-refractivity contribution in [2.24, 2.45) is 5.92 Å². The van der Waals surface area contributed by atoms with Crippen molar-refractivity contribution in [3.05, 3.63) is 65.1 Å². The third-order valence-corrected chi connectivity index (χ3v) is 7.19. The van der Waals surface area contributed by atoms with Crippen molar-refractivity contribution in [3.63, 3.8) is 0 Å². The van der Waals surface area contributed by atoms with Crippen LogP contribution in [0.5, 0.6) is 0 Å². The van der Waals surface area contributed by atoms with E-state index in [1.54, 1.807) is 38.1 Å². The second kappa shape index (κ2) is 11.1. The average molecular weight is 491 g/mol. The van der Waals surface area contributed by atoms with E-state index in [9.17, 15) is 8.42 Å². The SMILES string of the molecule is COCCOCN(c1onc(C)c1C)S(=O)(=O)c1ccccc1-c1ccc(CC(C)C)cc1F. The third kappa shape index (κ3) is 5.65. The maximum Gasteiger partial charge on any atom is 0.269 e. The smallest absolute Gasteiger partial charge is 0.269 e. The van der Waals surface area contributed by atoms with Crippen molar-refractivity contribution in [2.45, 2.75) is 39.0 Å². The number of benzene rings is 2. The van der Waals surface area contributed by atoms with E-state index in [2.05, 4.69) is 19.0 Å². The molecule has 0 saturated heterocycles. The fraction of sp³-hybridized carbons (Fsp3) is 0.400. The van der Waals surface area contributed by atoms with Crippen molar-refractivity contribution in [2.75, 3.05) is 31.4 Å². The third-order valence-electron chi connectivity index (χ3n) is 5.42. The van der Waals surface area contributed by atoms with Crippen LogP contribution in [0.1, 0.15) is 30.7 Å². The first-order chi connectivity index (χ1) is 16.2. The van der Waals surface area contributed by atoms with Gasteiger partial charge in [0.05, 0.1) is 23.8 Å². The molecule has 7 nitrogen and oxygen atoms in total. The Kier molecular flexibility index (Phi) is 8.46. The number of sulfonamides is 1. The highest BCUT2D eigenvalue weighted by molar-refractivity contribution is 7.93. The Hall–Kier alpha value is -2.75. The fourth-order valence-electron chi connectivity index (χ4n) is 3.57. The van der Waals surface area contributed by atoms with E-state index < -0.39 is 15.8 Å². The topological polar surface area (TPSA) is 81.9 Å². The van der Waals surface area contributed by atoms with E-state index in [0.717, 1.165) is 16.3 Å². The lowest BCUT2D eigenvalue weighted by molar-refractivity contribution is 0.0744. The van der Waals surface area contributed by atoms with E-state index in [1.165, 1.54) is 19.2 Å². The van der Waals surface area contributed by atoms with Gasteiger partial charge in [0.15, 0.2) is 0 Å². The minimum atomic E-state index is -4.21. The molecular formula is C25H31FN2O5S. The van der Waals surface area contributed by atoms with E-state index in [0.29, 0.717) is 23.8 Å².